The summed E-state index contributed by atoms with van der Waals surface area (Å²) in [7, 11) is 0. The molecule has 1 saturated heterocycles. The zero-order valence-electron chi connectivity index (χ0n) is 12.8. The lowest BCUT2D eigenvalue weighted by molar-refractivity contribution is -0.137. The average molecular weight is 371 g/mol. The van der Waals surface area contributed by atoms with Gasteiger partial charge in [0.15, 0.2) is 0 Å². The third kappa shape index (κ3) is 4.75. The normalized spacial score (nSPS) is 20.8. The number of hydrogen-bond donors (Lipinski definition) is 1. The van der Waals surface area contributed by atoms with Crippen molar-refractivity contribution in [3.63, 3.8) is 0 Å². The van der Waals surface area contributed by atoms with Gasteiger partial charge in [0, 0.05) is 32.2 Å². The Balaban J connectivity index is 0.00000132. The lowest BCUT2D eigenvalue weighted by atomic mass is 9.76. The van der Waals surface area contributed by atoms with E-state index >= 15 is 0 Å². The van der Waals surface area contributed by atoms with Crippen molar-refractivity contribution in [1.29, 1.82) is 0 Å². The molecule has 0 radical (unpaired) electrons. The highest BCUT2D eigenvalue weighted by Crippen LogP contribution is 2.42. The first-order chi connectivity index (χ1) is 10.1. The van der Waals surface area contributed by atoms with Crippen molar-refractivity contribution in [2.75, 3.05) is 26.2 Å². The molecule has 1 aromatic carbocycles. The standard InChI is InChI=1S/C16H21F3N2.2ClH/c17-16(18,19)14-6-4-13(5-7-14)15(12-2-1-3-12)21-10-8-20-9-11-21;;/h4-7,12,15,20H,1-3,8-11H2;2*1H/t15-;;/m0../s1. The molecule has 1 aliphatic carbocycles. The number of nitrogens with zero attached hydrogens (tertiary/aromatic N) is 1. The number of halogens is 5. The topological polar surface area (TPSA) is 15.3 Å². The van der Waals surface area contributed by atoms with Crippen molar-refractivity contribution in [2.45, 2.75) is 31.5 Å². The highest BCUT2D eigenvalue weighted by molar-refractivity contribution is 5.85. The molecule has 3 rings (SSSR count). The number of rotatable bonds is 3. The predicted octanol–water partition coefficient (Wildman–Crippen LogP) is 4.30. The molecule has 0 aromatic heterocycles. The molecular formula is C16H23Cl2F3N2. The third-order valence-corrected chi connectivity index (χ3v) is 4.72. The third-order valence-electron chi connectivity index (χ3n) is 4.72. The Kier molecular flexibility index (Phi) is 7.65. The first kappa shape index (κ1) is 20.6. The van der Waals surface area contributed by atoms with Gasteiger partial charge in [-0.25, -0.2) is 0 Å². The second-order valence-electron chi connectivity index (χ2n) is 6.04. The molecule has 1 aromatic rings. The monoisotopic (exact) mass is 370 g/mol. The lowest BCUT2D eigenvalue weighted by Crippen LogP contribution is -2.47. The van der Waals surface area contributed by atoms with Crippen molar-refractivity contribution in [3.8, 4) is 0 Å². The number of piperazine rings is 1. The van der Waals surface area contributed by atoms with Gasteiger partial charge in [-0.2, -0.15) is 13.2 Å². The van der Waals surface area contributed by atoms with Crippen molar-refractivity contribution < 1.29 is 13.2 Å². The quantitative estimate of drug-likeness (QED) is 0.853. The van der Waals surface area contributed by atoms with Gasteiger partial charge in [0.05, 0.1) is 5.56 Å². The van der Waals surface area contributed by atoms with E-state index in [0.29, 0.717) is 5.92 Å². The van der Waals surface area contributed by atoms with Crippen LogP contribution in [0.2, 0.25) is 0 Å². The van der Waals surface area contributed by atoms with Gasteiger partial charge in [0.2, 0.25) is 0 Å². The van der Waals surface area contributed by atoms with E-state index in [1.54, 1.807) is 12.1 Å². The van der Waals surface area contributed by atoms with Gasteiger partial charge in [-0.05, 0) is 36.5 Å². The van der Waals surface area contributed by atoms with Crippen LogP contribution in [0.15, 0.2) is 24.3 Å². The molecule has 2 aliphatic rings. The summed E-state index contributed by atoms with van der Waals surface area (Å²) >= 11 is 0. The van der Waals surface area contributed by atoms with Gasteiger partial charge in [-0.1, -0.05) is 18.6 Å². The molecular weight excluding hydrogens is 348 g/mol. The van der Waals surface area contributed by atoms with E-state index in [4.69, 9.17) is 0 Å². The maximum atomic E-state index is 12.7. The van der Waals surface area contributed by atoms with Crippen LogP contribution in [0.1, 0.15) is 36.4 Å². The summed E-state index contributed by atoms with van der Waals surface area (Å²) in [5.41, 5.74) is 0.480. The fourth-order valence-electron chi connectivity index (χ4n) is 3.37. The van der Waals surface area contributed by atoms with E-state index in [0.717, 1.165) is 31.7 Å². The Morgan fingerprint density at radius 3 is 2.00 bits per heavy atom. The molecule has 0 amide bonds. The predicted molar refractivity (Wildman–Crippen MR) is 90.5 cm³/mol. The van der Waals surface area contributed by atoms with Crippen LogP contribution in [-0.2, 0) is 6.18 Å². The van der Waals surface area contributed by atoms with Crippen LogP contribution in [0.3, 0.4) is 0 Å². The first-order valence-corrected chi connectivity index (χ1v) is 7.67. The number of hydrogen-bond acceptors (Lipinski definition) is 2. The van der Waals surface area contributed by atoms with Crippen LogP contribution < -0.4 is 5.32 Å². The molecule has 0 unspecified atom stereocenters. The molecule has 2 nitrogen and oxygen atoms in total. The molecule has 23 heavy (non-hydrogen) atoms. The van der Waals surface area contributed by atoms with Crippen molar-refractivity contribution in [1.82, 2.24) is 10.2 Å². The van der Waals surface area contributed by atoms with E-state index in [1.165, 1.54) is 31.4 Å². The summed E-state index contributed by atoms with van der Waals surface area (Å²) in [6.45, 7) is 3.87. The molecule has 1 heterocycles. The van der Waals surface area contributed by atoms with Crippen LogP contribution >= 0.6 is 24.8 Å². The van der Waals surface area contributed by atoms with Crippen LogP contribution in [0.4, 0.5) is 13.2 Å². The van der Waals surface area contributed by atoms with E-state index in [1.807, 2.05) is 0 Å². The largest absolute Gasteiger partial charge is 0.416 e. The Bertz CT molecular complexity index is 469. The summed E-state index contributed by atoms with van der Waals surface area (Å²) in [5, 5.41) is 3.33. The molecule has 132 valence electrons. The Morgan fingerprint density at radius 2 is 1.57 bits per heavy atom. The molecule has 1 N–H and O–H groups in total. The molecule has 7 heteroatoms. The number of alkyl halides is 3. The van der Waals surface area contributed by atoms with Gasteiger partial charge >= 0.3 is 6.18 Å². The summed E-state index contributed by atoms with van der Waals surface area (Å²) in [5.74, 6) is 0.597. The minimum absolute atomic E-state index is 0. The Hall–Kier alpha value is -0.490. The average Bonchev–Trinajstić information content (AvgIpc) is 2.43. The van der Waals surface area contributed by atoms with Crippen LogP contribution in [0.5, 0.6) is 0 Å². The second-order valence-corrected chi connectivity index (χ2v) is 6.04. The SMILES string of the molecule is Cl.Cl.FC(F)(F)c1ccc([C@H](C2CCC2)N2CCNCC2)cc1. The summed E-state index contributed by atoms with van der Waals surface area (Å²) < 4.78 is 38.1. The lowest BCUT2D eigenvalue weighted by Gasteiger charge is -2.43. The highest BCUT2D eigenvalue weighted by Gasteiger charge is 2.35. The highest BCUT2D eigenvalue weighted by atomic mass is 35.5. The molecule has 1 saturated carbocycles. The van der Waals surface area contributed by atoms with Gasteiger partial charge in [-0.3, -0.25) is 4.90 Å². The van der Waals surface area contributed by atoms with Crippen LogP contribution in [0.25, 0.3) is 0 Å². The summed E-state index contributed by atoms with van der Waals surface area (Å²) in [4.78, 5) is 2.43. The smallest absolute Gasteiger partial charge is 0.314 e. The molecule has 2 fully saturated rings. The zero-order chi connectivity index (χ0) is 14.9. The molecule has 0 bridgehead atoms. The van der Waals surface area contributed by atoms with E-state index in [9.17, 15) is 13.2 Å². The van der Waals surface area contributed by atoms with Gasteiger partial charge in [0.1, 0.15) is 0 Å². The van der Waals surface area contributed by atoms with Crippen molar-refractivity contribution in [2.24, 2.45) is 5.92 Å². The van der Waals surface area contributed by atoms with E-state index in [2.05, 4.69) is 10.2 Å². The first-order valence-electron chi connectivity index (χ1n) is 7.67. The molecule has 1 aliphatic heterocycles. The van der Waals surface area contributed by atoms with E-state index in [-0.39, 0.29) is 30.9 Å². The summed E-state index contributed by atoms with van der Waals surface area (Å²) in [6, 6.07) is 6.08. The van der Waals surface area contributed by atoms with Gasteiger partial charge < -0.3 is 5.32 Å². The van der Waals surface area contributed by atoms with Gasteiger partial charge in [-0.15, -0.1) is 24.8 Å². The minimum atomic E-state index is -4.25. The Labute approximate surface area is 147 Å². The van der Waals surface area contributed by atoms with Crippen molar-refractivity contribution >= 4 is 24.8 Å². The van der Waals surface area contributed by atoms with E-state index < -0.39 is 11.7 Å². The van der Waals surface area contributed by atoms with Crippen molar-refractivity contribution in [3.05, 3.63) is 35.4 Å². The van der Waals surface area contributed by atoms with Crippen LogP contribution in [0, 0.1) is 5.92 Å². The number of nitrogens with one attached hydrogen (secondary N) is 1. The molecule has 1 atom stereocenters. The van der Waals surface area contributed by atoms with Gasteiger partial charge in [0.25, 0.3) is 0 Å². The second kappa shape index (κ2) is 8.56. The summed E-state index contributed by atoms with van der Waals surface area (Å²) in [6.07, 6.45) is -0.626. The maximum absolute atomic E-state index is 12.7. The van der Waals surface area contributed by atoms with Crippen LogP contribution in [-0.4, -0.2) is 31.1 Å². The maximum Gasteiger partial charge on any atom is 0.416 e. The number of benzene rings is 1. The Morgan fingerprint density at radius 1 is 1.00 bits per heavy atom. The fraction of sp³-hybridized carbons (Fsp3) is 0.625. The fourth-order valence-corrected chi connectivity index (χ4v) is 3.37. The molecule has 0 spiro atoms. The zero-order valence-corrected chi connectivity index (χ0v) is 14.4. The minimum Gasteiger partial charge on any atom is -0.314 e.